The van der Waals surface area contributed by atoms with Gasteiger partial charge in [0.15, 0.2) is 0 Å². The number of hydrogen-bond donors (Lipinski definition) is 5. The van der Waals surface area contributed by atoms with Gasteiger partial charge in [-0.25, -0.2) is 10.2 Å². The van der Waals surface area contributed by atoms with Crippen LogP contribution in [0.2, 0.25) is 0 Å². The van der Waals surface area contributed by atoms with Crippen LogP contribution in [0, 0.1) is 11.3 Å². The molecule has 0 bridgehead atoms. The van der Waals surface area contributed by atoms with Crippen LogP contribution < -0.4 is 16.6 Å². The molecule has 0 radical (unpaired) electrons. The summed E-state index contributed by atoms with van der Waals surface area (Å²) in [7, 11) is 1.40. The summed E-state index contributed by atoms with van der Waals surface area (Å²) in [5, 5.41) is 17.9. The van der Waals surface area contributed by atoms with Crippen molar-refractivity contribution in [2.24, 2.45) is 11.7 Å². The lowest BCUT2D eigenvalue weighted by Crippen LogP contribution is -2.52. The van der Waals surface area contributed by atoms with E-state index in [4.69, 9.17) is 25.8 Å². The van der Waals surface area contributed by atoms with Crippen molar-refractivity contribution >= 4 is 45.1 Å². The fraction of sp³-hybridized carbons (Fsp3) is 0.357. The smallest absolute Gasteiger partial charge is 0.475 e. The summed E-state index contributed by atoms with van der Waals surface area (Å²) < 4.78 is 37.7. The average Bonchev–Trinajstić information content (AvgIpc) is 3.37. The number of nitrogens with one attached hydrogen (secondary N) is 3. The third-order valence-electron chi connectivity index (χ3n) is 6.78. The number of nitrogens with two attached hydrogens (primary N) is 1. The Morgan fingerprint density at radius 3 is 2.41 bits per heavy atom. The number of aliphatic carboxylic acids is 1. The maximum Gasteiger partial charge on any atom is 0.490 e. The van der Waals surface area contributed by atoms with E-state index in [2.05, 4.69) is 10.9 Å². The SMILES string of the molecule is COC(=O)[C@@H]1CCCCC1NNC(=O)C(Cc1ccccc1)c1csc2ccc(C(=N)N)cc12.O=C(O)C(F)(F)F. The highest BCUT2D eigenvalue weighted by molar-refractivity contribution is 7.17. The molecule has 41 heavy (non-hydrogen) atoms. The molecule has 0 spiro atoms. The first-order valence-corrected chi connectivity index (χ1v) is 13.6. The number of nitrogen functional groups attached to an aromatic ring is 1. The van der Waals surface area contributed by atoms with Crippen LogP contribution in [0.3, 0.4) is 0 Å². The van der Waals surface area contributed by atoms with Crippen molar-refractivity contribution < 1.29 is 37.4 Å². The number of hydrogen-bond acceptors (Lipinski definition) is 7. The van der Waals surface area contributed by atoms with E-state index >= 15 is 0 Å². The molecule has 2 aromatic carbocycles. The fourth-order valence-corrected chi connectivity index (χ4v) is 5.66. The number of esters is 1. The van der Waals surface area contributed by atoms with E-state index in [9.17, 15) is 22.8 Å². The van der Waals surface area contributed by atoms with Gasteiger partial charge in [-0.05, 0) is 59.4 Å². The molecule has 3 atom stereocenters. The number of rotatable bonds is 8. The van der Waals surface area contributed by atoms with Crippen molar-refractivity contribution in [1.29, 1.82) is 5.41 Å². The molecule has 1 saturated carbocycles. The molecule has 4 rings (SSSR count). The highest BCUT2D eigenvalue weighted by Crippen LogP contribution is 2.34. The van der Waals surface area contributed by atoms with Gasteiger partial charge in [-0.3, -0.25) is 20.4 Å². The second kappa shape index (κ2) is 14.1. The van der Waals surface area contributed by atoms with Gasteiger partial charge in [0, 0.05) is 16.3 Å². The summed E-state index contributed by atoms with van der Waals surface area (Å²) >= 11 is 1.57. The summed E-state index contributed by atoms with van der Waals surface area (Å²) in [6.07, 6.45) is -1.04. The number of amides is 1. The van der Waals surface area contributed by atoms with Crippen molar-refractivity contribution in [2.75, 3.05) is 7.11 Å². The first-order chi connectivity index (χ1) is 19.4. The molecule has 220 valence electrons. The van der Waals surface area contributed by atoms with Crippen LogP contribution in [0.25, 0.3) is 10.1 Å². The number of carbonyl (C=O) groups is 3. The number of thiophene rings is 1. The summed E-state index contributed by atoms with van der Waals surface area (Å²) in [4.78, 5) is 34.7. The van der Waals surface area contributed by atoms with Gasteiger partial charge in [0.05, 0.1) is 18.9 Å². The minimum absolute atomic E-state index is 0.00377. The highest BCUT2D eigenvalue weighted by Gasteiger charge is 2.38. The first kappa shape index (κ1) is 31.6. The number of ether oxygens (including phenoxy) is 1. The van der Waals surface area contributed by atoms with Crippen LogP contribution in [0.1, 0.15) is 48.3 Å². The molecule has 9 nitrogen and oxygen atoms in total. The first-order valence-electron chi connectivity index (χ1n) is 12.7. The van der Waals surface area contributed by atoms with Gasteiger partial charge in [0.1, 0.15) is 5.84 Å². The molecular formula is C28H31F3N4O5S. The normalized spacial score (nSPS) is 17.6. The molecule has 1 amide bonds. The number of amidine groups is 1. The van der Waals surface area contributed by atoms with Gasteiger partial charge < -0.3 is 15.6 Å². The minimum Gasteiger partial charge on any atom is -0.475 e. The molecule has 1 aliphatic carbocycles. The zero-order valence-electron chi connectivity index (χ0n) is 22.2. The maximum absolute atomic E-state index is 13.5. The van der Waals surface area contributed by atoms with Gasteiger partial charge in [0.25, 0.3) is 0 Å². The zero-order chi connectivity index (χ0) is 30.2. The van der Waals surface area contributed by atoms with E-state index in [0.29, 0.717) is 12.0 Å². The van der Waals surface area contributed by atoms with E-state index in [1.807, 2.05) is 53.9 Å². The third-order valence-corrected chi connectivity index (χ3v) is 7.76. The number of hydrazine groups is 1. The molecule has 0 saturated heterocycles. The number of alkyl halides is 3. The number of benzene rings is 2. The largest absolute Gasteiger partial charge is 0.490 e. The average molecular weight is 593 g/mol. The molecule has 1 aliphatic rings. The molecule has 0 aliphatic heterocycles. The molecular weight excluding hydrogens is 561 g/mol. The summed E-state index contributed by atoms with van der Waals surface area (Å²) in [6.45, 7) is 0. The summed E-state index contributed by atoms with van der Waals surface area (Å²) in [5.41, 5.74) is 14.4. The molecule has 2 unspecified atom stereocenters. The van der Waals surface area contributed by atoms with Crippen LogP contribution >= 0.6 is 11.3 Å². The van der Waals surface area contributed by atoms with Crippen LogP contribution in [0.4, 0.5) is 13.2 Å². The van der Waals surface area contributed by atoms with Crippen LogP contribution in [-0.4, -0.2) is 48.1 Å². The van der Waals surface area contributed by atoms with Crippen molar-refractivity contribution in [3.05, 3.63) is 70.6 Å². The minimum atomic E-state index is -5.08. The van der Waals surface area contributed by atoms with Gasteiger partial charge in [-0.1, -0.05) is 43.2 Å². The van der Waals surface area contributed by atoms with Gasteiger partial charge in [-0.15, -0.1) is 11.3 Å². The number of carboxylic acid groups (broad SMARTS) is 1. The van der Waals surface area contributed by atoms with Crippen molar-refractivity contribution in [1.82, 2.24) is 10.9 Å². The molecule has 13 heteroatoms. The van der Waals surface area contributed by atoms with Crippen LogP contribution in [0.5, 0.6) is 0 Å². The van der Waals surface area contributed by atoms with Crippen molar-refractivity contribution in [3.63, 3.8) is 0 Å². The zero-order valence-corrected chi connectivity index (χ0v) is 23.0. The Labute approximate surface area is 238 Å². The quantitative estimate of drug-likeness (QED) is 0.112. The van der Waals surface area contributed by atoms with E-state index in [1.165, 1.54) is 7.11 Å². The van der Waals surface area contributed by atoms with Crippen LogP contribution in [-0.2, 0) is 25.5 Å². The number of halogens is 3. The fourth-order valence-electron chi connectivity index (χ4n) is 4.67. The van der Waals surface area contributed by atoms with Gasteiger partial charge in [-0.2, -0.15) is 13.2 Å². The van der Waals surface area contributed by atoms with E-state index < -0.39 is 18.1 Å². The van der Waals surface area contributed by atoms with Gasteiger partial charge >= 0.3 is 18.1 Å². The van der Waals surface area contributed by atoms with E-state index in [0.717, 1.165) is 46.9 Å². The number of carboxylic acids is 1. The second-order valence-corrected chi connectivity index (χ2v) is 10.4. The predicted molar refractivity (Wildman–Crippen MR) is 148 cm³/mol. The standard InChI is InChI=1S/C26H30N4O3S.C2HF3O2/c1-33-26(32)18-9-5-6-10-22(18)29-30-25(31)20(13-16-7-3-2-4-8-16)21-15-34-23-12-11-17(24(27)28)14-19(21)23;3-2(4,5)1(6)7/h2-4,7-8,11-12,14-15,18,20,22,29H,5-6,9-10,13H2,1H3,(H3,27,28)(H,30,31);(H,6,7)/t18-,20?,22?;/m1./s1. The molecule has 6 N–H and O–H groups in total. The number of fused-ring (bicyclic) bond motifs is 1. The highest BCUT2D eigenvalue weighted by atomic mass is 32.1. The predicted octanol–water partition coefficient (Wildman–Crippen LogP) is 4.50. The lowest BCUT2D eigenvalue weighted by molar-refractivity contribution is -0.192. The maximum atomic E-state index is 13.5. The Morgan fingerprint density at radius 2 is 1.80 bits per heavy atom. The Morgan fingerprint density at radius 1 is 1.15 bits per heavy atom. The lowest BCUT2D eigenvalue weighted by atomic mass is 9.85. The molecule has 3 aromatic rings. The van der Waals surface area contributed by atoms with Crippen molar-refractivity contribution in [2.45, 2.75) is 50.2 Å². The Kier molecular flexibility index (Phi) is 10.8. The Bertz CT molecular complexity index is 1380. The third kappa shape index (κ3) is 8.51. The Balaban J connectivity index is 0.000000587. The topological polar surface area (TPSA) is 155 Å². The molecule has 1 aromatic heterocycles. The van der Waals surface area contributed by atoms with E-state index in [1.54, 1.807) is 11.3 Å². The second-order valence-electron chi connectivity index (χ2n) is 9.52. The number of carbonyl (C=O) groups excluding carboxylic acids is 2. The number of methoxy groups -OCH3 is 1. The molecule has 1 heterocycles. The van der Waals surface area contributed by atoms with Crippen LogP contribution in [0.15, 0.2) is 53.9 Å². The summed E-state index contributed by atoms with van der Waals surface area (Å²) in [6, 6.07) is 15.4. The van der Waals surface area contributed by atoms with Crippen molar-refractivity contribution in [3.8, 4) is 0 Å². The Hall–Kier alpha value is -3.97. The monoisotopic (exact) mass is 592 g/mol. The lowest BCUT2D eigenvalue weighted by Gasteiger charge is -2.31. The summed E-state index contributed by atoms with van der Waals surface area (Å²) in [5.74, 6) is -3.89. The molecule has 1 fully saturated rings. The van der Waals surface area contributed by atoms with Gasteiger partial charge in [0.2, 0.25) is 5.91 Å². The van der Waals surface area contributed by atoms with E-state index in [-0.39, 0.29) is 29.7 Å².